The zero-order valence-corrected chi connectivity index (χ0v) is 11.4. The number of benzene rings is 1. The maximum Gasteiger partial charge on any atom is 0.318 e. The van der Waals surface area contributed by atoms with Crippen molar-refractivity contribution in [3.63, 3.8) is 0 Å². The molecule has 4 nitrogen and oxygen atoms in total. The van der Waals surface area contributed by atoms with Crippen LogP contribution >= 0.6 is 0 Å². The number of hydrogen-bond donors (Lipinski definition) is 2. The molecule has 4 heteroatoms. The summed E-state index contributed by atoms with van der Waals surface area (Å²) in [6.07, 6.45) is 2.06. The lowest BCUT2D eigenvalue weighted by molar-refractivity contribution is 0.215. The Morgan fingerprint density at radius 2 is 1.89 bits per heavy atom. The molecule has 1 aromatic carbocycles. The normalized spacial score (nSPS) is 21.7. The monoisotopic (exact) mass is 259 g/mol. The molecule has 19 heavy (non-hydrogen) atoms. The highest BCUT2D eigenvalue weighted by molar-refractivity contribution is 5.78. The van der Waals surface area contributed by atoms with Gasteiger partial charge in [0.2, 0.25) is 0 Å². The fourth-order valence-corrected chi connectivity index (χ4v) is 3.01. The Morgan fingerprint density at radius 3 is 2.58 bits per heavy atom. The average Bonchev–Trinajstić information content (AvgIpc) is 2.69. The molecule has 102 valence electrons. The molecule has 2 aliphatic heterocycles. The van der Waals surface area contributed by atoms with Crippen LogP contribution in [0.2, 0.25) is 0 Å². The van der Waals surface area contributed by atoms with Crippen molar-refractivity contribution in [1.29, 1.82) is 0 Å². The first kappa shape index (κ1) is 12.5. The van der Waals surface area contributed by atoms with Gasteiger partial charge in [0.1, 0.15) is 0 Å². The van der Waals surface area contributed by atoms with E-state index in [4.69, 9.17) is 0 Å². The first-order chi connectivity index (χ1) is 9.17. The molecule has 0 atom stereocenters. The maximum atomic E-state index is 12.1. The second kappa shape index (κ2) is 4.85. The van der Waals surface area contributed by atoms with Gasteiger partial charge in [0, 0.05) is 13.1 Å². The third-order valence-electron chi connectivity index (χ3n) is 4.21. The van der Waals surface area contributed by atoms with E-state index in [1.54, 1.807) is 0 Å². The van der Waals surface area contributed by atoms with E-state index in [9.17, 15) is 4.79 Å². The smallest absolute Gasteiger partial charge is 0.318 e. The lowest BCUT2D eigenvalue weighted by Crippen LogP contribution is -2.51. The summed E-state index contributed by atoms with van der Waals surface area (Å²) >= 11 is 0. The van der Waals surface area contributed by atoms with Crippen LogP contribution in [0.1, 0.15) is 24.0 Å². The number of carbonyl (C=O) groups is 1. The van der Waals surface area contributed by atoms with Crippen LogP contribution in [0.15, 0.2) is 24.3 Å². The Balaban J connectivity index is 1.68. The average molecular weight is 259 g/mol. The van der Waals surface area contributed by atoms with Gasteiger partial charge in [-0.15, -0.1) is 0 Å². The molecule has 2 heterocycles. The molecule has 0 aliphatic carbocycles. The van der Waals surface area contributed by atoms with E-state index in [0.717, 1.165) is 32.5 Å². The minimum atomic E-state index is 0.00697. The van der Waals surface area contributed by atoms with Gasteiger partial charge in [-0.2, -0.15) is 0 Å². The molecular weight excluding hydrogens is 238 g/mol. The predicted octanol–water partition coefficient (Wildman–Crippen LogP) is 1.64. The largest absolute Gasteiger partial charge is 0.331 e. The van der Waals surface area contributed by atoms with E-state index in [1.165, 1.54) is 11.1 Å². The summed E-state index contributed by atoms with van der Waals surface area (Å²) in [5.41, 5.74) is 2.46. The van der Waals surface area contributed by atoms with Crippen molar-refractivity contribution in [3.8, 4) is 0 Å². The van der Waals surface area contributed by atoms with E-state index in [1.807, 2.05) is 4.90 Å². The second-order valence-corrected chi connectivity index (χ2v) is 5.80. The number of aryl methyl sites for hydroxylation is 1. The predicted molar refractivity (Wildman–Crippen MR) is 75.0 cm³/mol. The Hall–Kier alpha value is -1.55. The van der Waals surface area contributed by atoms with E-state index in [0.29, 0.717) is 6.54 Å². The Bertz CT molecular complexity index is 463. The van der Waals surface area contributed by atoms with E-state index < -0.39 is 0 Å². The second-order valence-electron chi connectivity index (χ2n) is 5.80. The SMILES string of the molecule is Cc1ccc(CN2CC3(CCNCC3)NC2=O)cc1. The van der Waals surface area contributed by atoms with Crippen molar-refractivity contribution in [1.82, 2.24) is 15.5 Å². The van der Waals surface area contributed by atoms with Gasteiger partial charge in [0.15, 0.2) is 0 Å². The molecule has 0 radical (unpaired) electrons. The third kappa shape index (κ3) is 2.59. The Morgan fingerprint density at radius 1 is 1.21 bits per heavy atom. The molecule has 2 saturated heterocycles. The van der Waals surface area contributed by atoms with Gasteiger partial charge in [0.25, 0.3) is 0 Å². The van der Waals surface area contributed by atoms with Gasteiger partial charge in [0.05, 0.1) is 5.54 Å². The molecule has 0 aromatic heterocycles. The number of hydrogen-bond acceptors (Lipinski definition) is 2. The van der Waals surface area contributed by atoms with Crippen molar-refractivity contribution < 1.29 is 4.79 Å². The Labute approximate surface area is 114 Å². The molecule has 3 rings (SSSR count). The standard InChI is InChI=1S/C15H21N3O/c1-12-2-4-13(5-3-12)10-18-11-15(17-14(18)19)6-8-16-9-7-15/h2-5,16H,6-11H2,1H3,(H,17,19). The molecule has 1 aromatic rings. The van der Waals surface area contributed by atoms with Crippen molar-refractivity contribution in [2.45, 2.75) is 31.8 Å². The summed E-state index contributed by atoms with van der Waals surface area (Å²) in [7, 11) is 0. The zero-order valence-electron chi connectivity index (χ0n) is 11.4. The van der Waals surface area contributed by atoms with Crippen molar-refractivity contribution in [2.75, 3.05) is 19.6 Å². The first-order valence-electron chi connectivity index (χ1n) is 7.00. The van der Waals surface area contributed by atoms with Gasteiger partial charge in [-0.05, 0) is 38.4 Å². The highest BCUT2D eigenvalue weighted by Crippen LogP contribution is 2.26. The molecular formula is C15H21N3O. The minimum absolute atomic E-state index is 0.00697. The summed E-state index contributed by atoms with van der Waals surface area (Å²) < 4.78 is 0. The van der Waals surface area contributed by atoms with Crippen LogP contribution in [-0.2, 0) is 6.54 Å². The van der Waals surface area contributed by atoms with E-state index in [-0.39, 0.29) is 11.6 Å². The van der Waals surface area contributed by atoms with Crippen LogP contribution in [0, 0.1) is 6.92 Å². The maximum absolute atomic E-state index is 12.1. The number of amides is 2. The summed E-state index contributed by atoms with van der Waals surface area (Å²) in [6.45, 7) is 5.62. The molecule has 2 amide bonds. The molecule has 2 N–H and O–H groups in total. The van der Waals surface area contributed by atoms with Gasteiger partial charge >= 0.3 is 6.03 Å². The Kier molecular flexibility index (Phi) is 3.19. The van der Waals surface area contributed by atoms with Crippen molar-refractivity contribution in [2.24, 2.45) is 0 Å². The van der Waals surface area contributed by atoms with Gasteiger partial charge < -0.3 is 15.5 Å². The summed E-state index contributed by atoms with van der Waals surface area (Å²) in [4.78, 5) is 14.1. The van der Waals surface area contributed by atoms with E-state index in [2.05, 4.69) is 41.8 Å². The summed E-state index contributed by atoms with van der Waals surface area (Å²) in [6, 6.07) is 8.50. The molecule has 1 spiro atoms. The third-order valence-corrected chi connectivity index (χ3v) is 4.21. The van der Waals surface area contributed by atoms with Crippen LogP contribution in [0.3, 0.4) is 0 Å². The van der Waals surface area contributed by atoms with E-state index >= 15 is 0 Å². The summed E-state index contributed by atoms with van der Waals surface area (Å²) in [5.74, 6) is 0. The first-order valence-corrected chi connectivity index (χ1v) is 7.00. The van der Waals surface area contributed by atoms with Gasteiger partial charge in [-0.1, -0.05) is 29.8 Å². The van der Waals surface area contributed by atoms with Crippen LogP contribution in [0.25, 0.3) is 0 Å². The molecule has 0 saturated carbocycles. The topological polar surface area (TPSA) is 44.4 Å². The lowest BCUT2D eigenvalue weighted by atomic mass is 9.89. The van der Waals surface area contributed by atoms with Gasteiger partial charge in [-0.25, -0.2) is 4.79 Å². The lowest BCUT2D eigenvalue weighted by Gasteiger charge is -2.33. The number of piperidine rings is 1. The highest BCUT2D eigenvalue weighted by atomic mass is 16.2. The quantitative estimate of drug-likeness (QED) is 0.848. The summed E-state index contributed by atoms with van der Waals surface area (Å²) in [5, 5.41) is 6.55. The number of nitrogens with one attached hydrogen (secondary N) is 2. The number of nitrogens with zero attached hydrogens (tertiary/aromatic N) is 1. The van der Waals surface area contributed by atoms with Crippen molar-refractivity contribution in [3.05, 3.63) is 35.4 Å². The van der Waals surface area contributed by atoms with Crippen molar-refractivity contribution >= 4 is 6.03 Å². The fourth-order valence-electron chi connectivity index (χ4n) is 3.01. The minimum Gasteiger partial charge on any atom is -0.331 e. The highest BCUT2D eigenvalue weighted by Gasteiger charge is 2.42. The number of rotatable bonds is 2. The molecule has 2 aliphatic rings. The number of urea groups is 1. The zero-order chi connectivity index (χ0) is 13.3. The van der Waals surface area contributed by atoms with Crippen LogP contribution < -0.4 is 10.6 Å². The van der Waals surface area contributed by atoms with Crippen LogP contribution in [0.5, 0.6) is 0 Å². The number of carbonyl (C=O) groups excluding carboxylic acids is 1. The molecule has 0 unspecified atom stereocenters. The molecule has 2 fully saturated rings. The molecule has 0 bridgehead atoms. The van der Waals surface area contributed by atoms with Crippen LogP contribution in [-0.4, -0.2) is 36.1 Å². The van der Waals surface area contributed by atoms with Crippen LogP contribution in [0.4, 0.5) is 4.79 Å². The fraction of sp³-hybridized carbons (Fsp3) is 0.533. The van der Waals surface area contributed by atoms with Gasteiger partial charge in [-0.3, -0.25) is 0 Å².